The average Bonchev–Trinajstić information content (AvgIpc) is 3.01. The summed E-state index contributed by atoms with van der Waals surface area (Å²) in [5.41, 5.74) is 1.46. The van der Waals surface area contributed by atoms with E-state index in [0.29, 0.717) is 21.9 Å². The summed E-state index contributed by atoms with van der Waals surface area (Å²) in [6, 6.07) is 13.4. The van der Waals surface area contributed by atoms with Gasteiger partial charge in [0.1, 0.15) is 11.5 Å². The number of benzene rings is 2. The van der Waals surface area contributed by atoms with Crippen LogP contribution in [0.5, 0.6) is 11.5 Å². The summed E-state index contributed by atoms with van der Waals surface area (Å²) >= 11 is 5.20. The van der Waals surface area contributed by atoms with Crippen LogP contribution < -0.4 is 9.47 Å². The first-order valence-electron chi connectivity index (χ1n) is 7.48. The van der Waals surface area contributed by atoms with Crippen LogP contribution in [-0.2, 0) is 0 Å². The number of H-pyrrole nitrogens is 1. The summed E-state index contributed by atoms with van der Waals surface area (Å²) in [5.74, 6) is 1.21. The molecule has 0 amide bonds. The quantitative estimate of drug-likeness (QED) is 0.520. The number of hydrogen-bond acceptors (Lipinski definition) is 5. The van der Waals surface area contributed by atoms with Crippen LogP contribution in [0.15, 0.2) is 53.6 Å². The van der Waals surface area contributed by atoms with Gasteiger partial charge in [-0.05, 0) is 54.2 Å². The molecule has 9 heteroatoms. The molecule has 26 heavy (non-hydrogen) atoms. The van der Waals surface area contributed by atoms with Gasteiger partial charge in [-0.2, -0.15) is 23.7 Å². The van der Waals surface area contributed by atoms with Crippen molar-refractivity contribution in [1.29, 1.82) is 0 Å². The Bertz CT molecular complexity index is 967. The molecular weight excluding hydrogens is 362 g/mol. The molecule has 0 unspecified atom stereocenters. The summed E-state index contributed by atoms with van der Waals surface area (Å²) in [6.07, 6.45) is 1.62. The third-order valence-electron chi connectivity index (χ3n) is 3.40. The van der Waals surface area contributed by atoms with Crippen LogP contribution in [0.3, 0.4) is 0 Å². The van der Waals surface area contributed by atoms with Crippen LogP contribution in [0.1, 0.15) is 5.56 Å². The van der Waals surface area contributed by atoms with E-state index in [1.807, 2.05) is 24.3 Å². The maximum Gasteiger partial charge on any atom is 0.387 e. The number of alkyl halides is 2. The van der Waals surface area contributed by atoms with E-state index in [9.17, 15) is 8.78 Å². The summed E-state index contributed by atoms with van der Waals surface area (Å²) in [4.78, 5) is 0. The van der Waals surface area contributed by atoms with Gasteiger partial charge in [-0.25, -0.2) is 5.10 Å². The largest absolute Gasteiger partial charge is 0.497 e. The molecule has 0 fully saturated rings. The Morgan fingerprint density at radius 1 is 1.19 bits per heavy atom. The SMILES string of the molecule is COc1cccc(C=Nn2c(-c3ccc(OC(F)F)cc3)n[nH]c2=S)c1. The number of rotatable bonds is 6. The Labute approximate surface area is 152 Å². The predicted molar refractivity (Wildman–Crippen MR) is 95.5 cm³/mol. The van der Waals surface area contributed by atoms with E-state index in [1.54, 1.807) is 25.5 Å². The molecule has 0 radical (unpaired) electrons. The van der Waals surface area contributed by atoms with Gasteiger partial charge < -0.3 is 9.47 Å². The van der Waals surface area contributed by atoms with Crippen molar-refractivity contribution in [2.75, 3.05) is 7.11 Å². The molecule has 0 atom stereocenters. The second-order valence-electron chi connectivity index (χ2n) is 5.09. The minimum atomic E-state index is -2.87. The number of aromatic amines is 1. The molecule has 0 saturated heterocycles. The van der Waals surface area contributed by atoms with E-state index in [1.165, 1.54) is 16.8 Å². The molecule has 3 rings (SSSR count). The van der Waals surface area contributed by atoms with E-state index in [2.05, 4.69) is 20.0 Å². The topological polar surface area (TPSA) is 64.4 Å². The first-order valence-corrected chi connectivity index (χ1v) is 7.89. The lowest BCUT2D eigenvalue weighted by Gasteiger charge is -2.05. The molecule has 0 aliphatic heterocycles. The summed E-state index contributed by atoms with van der Waals surface area (Å²) < 4.78 is 35.7. The fourth-order valence-electron chi connectivity index (χ4n) is 2.22. The van der Waals surface area contributed by atoms with Gasteiger partial charge in [-0.3, -0.25) is 0 Å². The molecule has 0 aliphatic rings. The Morgan fingerprint density at radius 3 is 2.65 bits per heavy atom. The van der Waals surface area contributed by atoms with Crippen molar-refractivity contribution in [3.63, 3.8) is 0 Å². The average molecular weight is 376 g/mol. The van der Waals surface area contributed by atoms with Gasteiger partial charge in [-0.15, -0.1) is 0 Å². The smallest absolute Gasteiger partial charge is 0.387 e. The van der Waals surface area contributed by atoms with Crippen LogP contribution >= 0.6 is 12.2 Å². The standard InChI is InChI=1S/C17H14F2N4O2S/c1-24-14-4-2-3-11(9-14)10-20-23-15(21-22-17(23)26)12-5-7-13(8-6-12)25-16(18)19/h2-10,16H,1H3,(H,22,26). The fourth-order valence-corrected chi connectivity index (χ4v) is 2.40. The lowest BCUT2D eigenvalue weighted by Crippen LogP contribution is -2.01. The molecule has 0 spiro atoms. The molecule has 2 aromatic carbocycles. The van der Waals surface area contributed by atoms with Gasteiger partial charge >= 0.3 is 6.61 Å². The highest BCUT2D eigenvalue weighted by Gasteiger charge is 2.10. The molecule has 1 aromatic heterocycles. The Hall–Kier alpha value is -3.07. The van der Waals surface area contributed by atoms with E-state index < -0.39 is 6.61 Å². The number of aromatic nitrogens is 3. The molecule has 3 aromatic rings. The van der Waals surface area contributed by atoms with E-state index in [-0.39, 0.29) is 5.75 Å². The molecule has 1 N–H and O–H groups in total. The Balaban J connectivity index is 1.89. The maximum absolute atomic E-state index is 12.2. The number of nitrogens with zero attached hydrogens (tertiary/aromatic N) is 3. The number of nitrogens with one attached hydrogen (secondary N) is 1. The van der Waals surface area contributed by atoms with Crippen LogP contribution in [0.25, 0.3) is 11.4 Å². The zero-order valence-electron chi connectivity index (χ0n) is 13.6. The zero-order chi connectivity index (χ0) is 18.5. The van der Waals surface area contributed by atoms with Crippen LogP contribution in [-0.4, -0.2) is 34.8 Å². The van der Waals surface area contributed by atoms with E-state index >= 15 is 0 Å². The minimum Gasteiger partial charge on any atom is -0.497 e. The van der Waals surface area contributed by atoms with Crippen molar-refractivity contribution in [3.8, 4) is 22.9 Å². The number of methoxy groups -OCH3 is 1. The molecule has 0 aliphatic carbocycles. The van der Waals surface area contributed by atoms with Crippen LogP contribution in [0, 0.1) is 4.77 Å². The zero-order valence-corrected chi connectivity index (χ0v) is 14.4. The first kappa shape index (κ1) is 17.7. The van der Waals surface area contributed by atoms with Gasteiger partial charge in [0.05, 0.1) is 13.3 Å². The Morgan fingerprint density at radius 2 is 1.96 bits per heavy atom. The van der Waals surface area contributed by atoms with E-state index in [0.717, 1.165) is 5.56 Å². The summed E-state index contributed by atoms with van der Waals surface area (Å²) in [5, 5.41) is 11.2. The highest BCUT2D eigenvalue weighted by molar-refractivity contribution is 7.71. The van der Waals surface area contributed by atoms with Gasteiger partial charge in [0.2, 0.25) is 4.77 Å². The van der Waals surface area contributed by atoms with Gasteiger partial charge in [-0.1, -0.05) is 12.1 Å². The third kappa shape index (κ3) is 4.12. The van der Waals surface area contributed by atoms with Crippen molar-refractivity contribution in [2.45, 2.75) is 6.61 Å². The third-order valence-corrected chi connectivity index (χ3v) is 3.67. The molecule has 6 nitrogen and oxygen atoms in total. The molecule has 134 valence electrons. The van der Waals surface area contributed by atoms with E-state index in [4.69, 9.17) is 17.0 Å². The number of halogens is 2. The van der Waals surface area contributed by atoms with Crippen LogP contribution in [0.2, 0.25) is 0 Å². The van der Waals surface area contributed by atoms with Gasteiger partial charge in [0.15, 0.2) is 5.82 Å². The lowest BCUT2D eigenvalue weighted by atomic mass is 10.2. The van der Waals surface area contributed by atoms with Crippen molar-refractivity contribution in [1.82, 2.24) is 14.9 Å². The summed E-state index contributed by atoms with van der Waals surface area (Å²) in [7, 11) is 1.59. The number of ether oxygens (including phenoxy) is 2. The summed E-state index contributed by atoms with van der Waals surface area (Å²) in [6.45, 7) is -2.87. The van der Waals surface area contributed by atoms with Crippen molar-refractivity contribution in [3.05, 3.63) is 58.9 Å². The second kappa shape index (κ2) is 7.87. The highest BCUT2D eigenvalue weighted by Crippen LogP contribution is 2.22. The monoisotopic (exact) mass is 376 g/mol. The maximum atomic E-state index is 12.2. The van der Waals surface area contributed by atoms with Gasteiger partial charge in [0, 0.05) is 5.56 Å². The molecule has 1 heterocycles. The predicted octanol–water partition coefficient (Wildman–Crippen LogP) is 4.10. The minimum absolute atomic E-state index is 0.0596. The lowest BCUT2D eigenvalue weighted by molar-refractivity contribution is -0.0498. The molecule has 0 saturated carbocycles. The molecule has 0 bridgehead atoms. The second-order valence-corrected chi connectivity index (χ2v) is 5.47. The number of hydrogen-bond donors (Lipinski definition) is 1. The van der Waals surface area contributed by atoms with Crippen LogP contribution in [0.4, 0.5) is 8.78 Å². The van der Waals surface area contributed by atoms with Crippen molar-refractivity contribution in [2.24, 2.45) is 5.10 Å². The van der Waals surface area contributed by atoms with Crippen molar-refractivity contribution >= 4 is 18.4 Å². The highest BCUT2D eigenvalue weighted by atomic mass is 32.1. The molecular formula is C17H14F2N4O2S. The first-order chi connectivity index (χ1) is 12.6. The van der Waals surface area contributed by atoms with Gasteiger partial charge in [0.25, 0.3) is 0 Å². The normalized spacial score (nSPS) is 11.2. The fraction of sp³-hybridized carbons (Fsp3) is 0.118. The van der Waals surface area contributed by atoms with Crippen molar-refractivity contribution < 1.29 is 18.3 Å². The Kier molecular flexibility index (Phi) is 5.37.